The van der Waals surface area contributed by atoms with Crippen LogP contribution in [0.25, 0.3) is 0 Å². The first kappa shape index (κ1) is 27.0. The van der Waals surface area contributed by atoms with Gasteiger partial charge in [0, 0.05) is 18.7 Å². The number of carbonyl (C=O) groups is 3. The number of ether oxygens (including phenoxy) is 4. The summed E-state index contributed by atoms with van der Waals surface area (Å²) in [7, 11) is 1.16. The molecule has 0 saturated carbocycles. The standard InChI is InChI=1S/C26H33N3O7/c1-25(2,3)36-23(31)26(28,22(30)33-4)13-17-7-11-20(12-8-17)34-16-21-15-29(24(32)35-21)19-9-5-18(14-27)6-10-19/h5-12,21H,13-16,27-28H2,1-4H3. The second-order valence-corrected chi connectivity index (χ2v) is 9.58. The highest BCUT2D eigenvalue weighted by Gasteiger charge is 2.46. The fourth-order valence-corrected chi connectivity index (χ4v) is 3.62. The lowest BCUT2D eigenvalue weighted by Gasteiger charge is -2.29. The van der Waals surface area contributed by atoms with E-state index in [0.717, 1.165) is 18.4 Å². The maximum atomic E-state index is 12.7. The number of cyclic esters (lactones) is 1. The van der Waals surface area contributed by atoms with Crippen LogP contribution in [-0.2, 0) is 36.8 Å². The Hall–Kier alpha value is -3.63. The third-order valence-electron chi connectivity index (χ3n) is 5.51. The van der Waals surface area contributed by atoms with E-state index < -0.39 is 35.3 Å². The molecule has 0 aliphatic carbocycles. The average molecular weight is 500 g/mol. The maximum Gasteiger partial charge on any atom is 0.414 e. The number of rotatable bonds is 9. The third kappa shape index (κ3) is 6.52. The first-order valence-corrected chi connectivity index (χ1v) is 11.5. The van der Waals surface area contributed by atoms with Gasteiger partial charge in [-0.3, -0.25) is 4.90 Å². The Morgan fingerprint density at radius 3 is 2.19 bits per heavy atom. The van der Waals surface area contributed by atoms with Crippen LogP contribution < -0.4 is 21.1 Å². The fraction of sp³-hybridized carbons (Fsp3) is 0.423. The van der Waals surface area contributed by atoms with Crippen LogP contribution in [0.1, 0.15) is 31.9 Å². The molecule has 1 heterocycles. The molecule has 1 aliphatic heterocycles. The molecule has 0 spiro atoms. The number of nitrogens with zero attached hydrogens (tertiary/aromatic N) is 1. The zero-order valence-electron chi connectivity index (χ0n) is 21.0. The Labute approximate surface area is 210 Å². The second kappa shape index (κ2) is 11.0. The molecule has 1 aliphatic rings. The number of carbonyl (C=O) groups excluding carboxylic acids is 3. The van der Waals surface area contributed by atoms with Gasteiger partial charge >= 0.3 is 18.0 Å². The Kier molecular flexibility index (Phi) is 8.21. The highest BCUT2D eigenvalue weighted by atomic mass is 16.6. The topological polar surface area (TPSA) is 143 Å². The number of anilines is 1. The molecule has 4 N–H and O–H groups in total. The van der Waals surface area contributed by atoms with Crippen LogP contribution in [0.3, 0.4) is 0 Å². The van der Waals surface area contributed by atoms with E-state index in [9.17, 15) is 14.4 Å². The maximum absolute atomic E-state index is 12.7. The van der Waals surface area contributed by atoms with Gasteiger partial charge in [-0.15, -0.1) is 0 Å². The Bertz CT molecular complexity index is 1080. The molecule has 2 unspecified atom stereocenters. The van der Waals surface area contributed by atoms with E-state index in [0.29, 0.717) is 24.4 Å². The first-order chi connectivity index (χ1) is 16.9. The Morgan fingerprint density at radius 2 is 1.64 bits per heavy atom. The predicted molar refractivity (Wildman–Crippen MR) is 132 cm³/mol. The summed E-state index contributed by atoms with van der Waals surface area (Å²) < 4.78 is 21.3. The number of methoxy groups -OCH3 is 1. The molecule has 0 radical (unpaired) electrons. The number of esters is 2. The van der Waals surface area contributed by atoms with Crippen LogP contribution in [0.5, 0.6) is 5.75 Å². The molecular formula is C26H33N3O7. The molecule has 1 fully saturated rings. The van der Waals surface area contributed by atoms with Crippen molar-refractivity contribution in [2.45, 2.75) is 51.0 Å². The summed E-state index contributed by atoms with van der Waals surface area (Å²) in [4.78, 5) is 38.8. The van der Waals surface area contributed by atoms with Crippen molar-refractivity contribution in [2.24, 2.45) is 11.5 Å². The molecule has 0 bridgehead atoms. The summed E-state index contributed by atoms with van der Waals surface area (Å²) in [6.07, 6.45) is -1.01. The molecule has 10 heteroatoms. The molecular weight excluding hydrogens is 466 g/mol. The minimum Gasteiger partial charge on any atom is -0.490 e. The van der Waals surface area contributed by atoms with E-state index in [1.807, 2.05) is 24.3 Å². The quantitative estimate of drug-likeness (QED) is 0.302. The molecule has 36 heavy (non-hydrogen) atoms. The second-order valence-electron chi connectivity index (χ2n) is 9.58. The fourth-order valence-electron chi connectivity index (χ4n) is 3.62. The van der Waals surface area contributed by atoms with Gasteiger partial charge in [0.05, 0.1) is 13.7 Å². The summed E-state index contributed by atoms with van der Waals surface area (Å²) in [5, 5.41) is 0. The van der Waals surface area contributed by atoms with Gasteiger partial charge in [-0.25, -0.2) is 14.4 Å². The third-order valence-corrected chi connectivity index (χ3v) is 5.51. The summed E-state index contributed by atoms with van der Waals surface area (Å²) >= 11 is 0. The van der Waals surface area contributed by atoms with E-state index in [2.05, 4.69) is 0 Å². The largest absolute Gasteiger partial charge is 0.490 e. The van der Waals surface area contributed by atoms with E-state index in [1.54, 1.807) is 49.9 Å². The summed E-state index contributed by atoms with van der Waals surface area (Å²) in [6.45, 7) is 6.00. The highest BCUT2D eigenvalue weighted by molar-refractivity contribution is 6.05. The van der Waals surface area contributed by atoms with Crippen LogP contribution in [0, 0.1) is 0 Å². The minimum absolute atomic E-state index is 0.118. The van der Waals surface area contributed by atoms with Gasteiger partial charge in [0.15, 0.2) is 6.10 Å². The lowest BCUT2D eigenvalue weighted by molar-refractivity contribution is -0.170. The van der Waals surface area contributed by atoms with E-state index in [-0.39, 0.29) is 13.0 Å². The molecule has 1 amide bonds. The summed E-state index contributed by atoms with van der Waals surface area (Å²) in [5.41, 5.74) is 11.3. The minimum atomic E-state index is -1.99. The first-order valence-electron chi connectivity index (χ1n) is 11.5. The SMILES string of the molecule is COC(=O)C(N)(Cc1ccc(OCC2CN(c3ccc(CN)cc3)C(=O)O2)cc1)C(=O)OC(C)(C)C. The number of hydrogen-bond acceptors (Lipinski definition) is 9. The lowest BCUT2D eigenvalue weighted by atomic mass is 9.91. The number of benzene rings is 2. The van der Waals surface area contributed by atoms with Crippen molar-refractivity contribution in [1.82, 2.24) is 0 Å². The van der Waals surface area contributed by atoms with Gasteiger partial charge in [-0.2, -0.15) is 0 Å². The van der Waals surface area contributed by atoms with Crippen molar-refractivity contribution in [3.05, 3.63) is 59.7 Å². The van der Waals surface area contributed by atoms with Crippen molar-refractivity contribution < 1.29 is 33.3 Å². The molecule has 3 rings (SSSR count). The predicted octanol–water partition coefficient (Wildman–Crippen LogP) is 2.30. The molecule has 2 aromatic rings. The lowest BCUT2D eigenvalue weighted by Crippen LogP contribution is -2.59. The van der Waals surface area contributed by atoms with Gasteiger partial charge in [0.1, 0.15) is 18.0 Å². The summed E-state index contributed by atoms with van der Waals surface area (Å²) in [5.74, 6) is -1.23. The van der Waals surface area contributed by atoms with Crippen LogP contribution in [0.4, 0.5) is 10.5 Å². The monoisotopic (exact) mass is 499 g/mol. The van der Waals surface area contributed by atoms with E-state index in [4.69, 9.17) is 30.4 Å². The van der Waals surface area contributed by atoms with Gasteiger partial charge in [0.25, 0.3) is 0 Å². The van der Waals surface area contributed by atoms with Crippen molar-refractivity contribution >= 4 is 23.7 Å². The smallest absolute Gasteiger partial charge is 0.414 e. The number of nitrogens with two attached hydrogens (primary N) is 2. The molecule has 1 saturated heterocycles. The van der Waals surface area contributed by atoms with Crippen LogP contribution in [0.15, 0.2) is 48.5 Å². The summed E-state index contributed by atoms with van der Waals surface area (Å²) in [6, 6.07) is 14.1. The molecule has 194 valence electrons. The van der Waals surface area contributed by atoms with Gasteiger partial charge in [0.2, 0.25) is 5.54 Å². The van der Waals surface area contributed by atoms with Gasteiger partial charge < -0.3 is 30.4 Å². The Morgan fingerprint density at radius 1 is 1.03 bits per heavy atom. The molecule has 2 aromatic carbocycles. The zero-order valence-corrected chi connectivity index (χ0v) is 21.0. The van der Waals surface area contributed by atoms with Crippen molar-refractivity contribution in [1.29, 1.82) is 0 Å². The molecule has 2 atom stereocenters. The van der Waals surface area contributed by atoms with E-state index in [1.165, 1.54) is 0 Å². The Balaban J connectivity index is 1.59. The zero-order chi connectivity index (χ0) is 26.5. The molecule has 0 aromatic heterocycles. The number of amides is 1. The van der Waals surface area contributed by atoms with Crippen LogP contribution in [0.2, 0.25) is 0 Å². The van der Waals surface area contributed by atoms with Crippen molar-refractivity contribution in [3.8, 4) is 5.75 Å². The number of hydrogen-bond donors (Lipinski definition) is 2. The van der Waals surface area contributed by atoms with E-state index >= 15 is 0 Å². The van der Waals surface area contributed by atoms with Crippen LogP contribution in [-0.4, -0.2) is 55.5 Å². The highest BCUT2D eigenvalue weighted by Crippen LogP contribution is 2.24. The molecule has 10 nitrogen and oxygen atoms in total. The average Bonchev–Trinajstić information content (AvgIpc) is 3.22. The van der Waals surface area contributed by atoms with Crippen LogP contribution >= 0.6 is 0 Å². The van der Waals surface area contributed by atoms with Gasteiger partial charge in [-0.1, -0.05) is 24.3 Å². The normalized spacial score (nSPS) is 17.2. The van der Waals surface area contributed by atoms with Gasteiger partial charge in [-0.05, 0) is 56.2 Å². The van der Waals surface area contributed by atoms with Crippen molar-refractivity contribution in [3.63, 3.8) is 0 Å². The van der Waals surface area contributed by atoms with Crippen molar-refractivity contribution in [2.75, 3.05) is 25.2 Å².